The van der Waals surface area contributed by atoms with Crippen molar-refractivity contribution in [2.75, 3.05) is 58.7 Å². The molecule has 1 aromatic carbocycles. The summed E-state index contributed by atoms with van der Waals surface area (Å²) in [6, 6.07) is 6.62. The molecule has 210 valence electrons. The van der Waals surface area contributed by atoms with Crippen LogP contribution in [0.1, 0.15) is 29.3 Å². The van der Waals surface area contributed by atoms with Crippen molar-refractivity contribution in [3.05, 3.63) is 46.7 Å². The maximum atomic E-state index is 15.7. The molecule has 0 aliphatic carbocycles. The molecule has 1 aromatic rings. The summed E-state index contributed by atoms with van der Waals surface area (Å²) in [6.45, 7) is 4.58. The SMILES string of the molecule is CCOC(=O)C1=C(CN2CCC(F)(C=O)C(CN(C)Cc3cccc(C(=O)O)c3)C2)NC(C2=NCCS2)=NC1. The lowest BCUT2D eigenvalue weighted by Crippen LogP contribution is -2.54. The molecule has 3 heterocycles. The van der Waals surface area contributed by atoms with Crippen LogP contribution in [0.4, 0.5) is 4.39 Å². The van der Waals surface area contributed by atoms with Gasteiger partial charge in [-0.1, -0.05) is 12.1 Å². The topological polar surface area (TPSA) is 124 Å². The molecule has 1 saturated heterocycles. The van der Waals surface area contributed by atoms with Gasteiger partial charge in [0.1, 0.15) is 5.04 Å². The van der Waals surface area contributed by atoms with E-state index in [0.717, 1.165) is 22.9 Å². The number of nitrogens with one attached hydrogen (secondary N) is 1. The summed E-state index contributed by atoms with van der Waals surface area (Å²) in [5.74, 6) is -0.551. The summed E-state index contributed by atoms with van der Waals surface area (Å²) in [7, 11) is 1.82. The van der Waals surface area contributed by atoms with Crippen LogP contribution in [0.3, 0.4) is 0 Å². The normalized spacial score (nSPS) is 23.7. The molecule has 4 rings (SSSR count). The number of likely N-dealkylation sites (tertiary alicyclic amines) is 1. The number of aromatic carboxylic acids is 1. The van der Waals surface area contributed by atoms with Gasteiger partial charge in [0.15, 0.2) is 17.8 Å². The minimum absolute atomic E-state index is 0.0367. The molecule has 1 fully saturated rings. The van der Waals surface area contributed by atoms with Crippen molar-refractivity contribution in [1.29, 1.82) is 0 Å². The first-order valence-electron chi connectivity index (χ1n) is 13.0. The second-order valence-corrected chi connectivity index (χ2v) is 11.0. The first kappa shape index (κ1) is 28.9. The zero-order chi connectivity index (χ0) is 28.0. The third-order valence-electron chi connectivity index (χ3n) is 7.04. The van der Waals surface area contributed by atoms with Crippen LogP contribution in [0.25, 0.3) is 0 Å². The van der Waals surface area contributed by atoms with Crippen molar-refractivity contribution in [2.24, 2.45) is 15.9 Å². The van der Waals surface area contributed by atoms with Gasteiger partial charge in [-0.25, -0.2) is 14.0 Å². The molecule has 3 aliphatic rings. The number of hydrogen-bond acceptors (Lipinski definition) is 10. The van der Waals surface area contributed by atoms with E-state index < -0.39 is 23.5 Å². The fourth-order valence-corrected chi connectivity index (χ4v) is 5.84. The van der Waals surface area contributed by atoms with E-state index in [1.54, 1.807) is 30.8 Å². The van der Waals surface area contributed by atoms with E-state index in [1.165, 1.54) is 6.07 Å². The number of carboxylic acids is 1. The number of ether oxygens (including phenoxy) is 1. The van der Waals surface area contributed by atoms with Crippen molar-refractivity contribution in [3.63, 3.8) is 0 Å². The van der Waals surface area contributed by atoms with Crippen LogP contribution >= 0.6 is 11.8 Å². The van der Waals surface area contributed by atoms with Gasteiger partial charge in [0, 0.05) is 63.1 Å². The summed E-state index contributed by atoms with van der Waals surface area (Å²) in [6.07, 6.45) is 0.450. The molecule has 39 heavy (non-hydrogen) atoms. The molecule has 0 radical (unpaired) electrons. The van der Waals surface area contributed by atoms with Crippen LogP contribution in [-0.4, -0.2) is 108 Å². The van der Waals surface area contributed by atoms with Gasteiger partial charge in [-0.3, -0.25) is 19.7 Å². The predicted octanol–water partition coefficient (Wildman–Crippen LogP) is 2.01. The number of hydrogen-bond donors (Lipinski definition) is 2. The van der Waals surface area contributed by atoms with Crippen LogP contribution in [0, 0.1) is 5.92 Å². The van der Waals surface area contributed by atoms with Crippen LogP contribution in [0.15, 0.2) is 45.5 Å². The van der Waals surface area contributed by atoms with E-state index in [9.17, 15) is 19.5 Å². The molecule has 0 spiro atoms. The average molecular weight is 560 g/mol. The Kier molecular flexibility index (Phi) is 9.52. The van der Waals surface area contributed by atoms with Crippen molar-refractivity contribution < 1.29 is 28.6 Å². The zero-order valence-electron chi connectivity index (χ0n) is 22.2. The Morgan fingerprint density at radius 3 is 2.90 bits per heavy atom. The van der Waals surface area contributed by atoms with Crippen molar-refractivity contribution >= 4 is 40.9 Å². The van der Waals surface area contributed by atoms with Crippen LogP contribution in [-0.2, 0) is 20.9 Å². The molecule has 2 N–H and O–H groups in total. The number of rotatable bonds is 11. The number of aldehydes is 1. The first-order chi connectivity index (χ1) is 18.7. The maximum absolute atomic E-state index is 15.7. The lowest BCUT2D eigenvalue weighted by molar-refractivity contribution is -0.138. The molecule has 0 aromatic heterocycles. The largest absolute Gasteiger partial charge is 0.478 e. The number of carboxylic acid groups (broad SMARTS) is 1. The summed E-state index contributed by atoms with van der Waals surface area (Å²) >= 11 is 1.61. The van der Waals surface area contributed by atoms with Gasteiger partial charge in [-0.15, -0.1) is 11.8 Å². The summed E-state index contributed by atoms with van der Waals surface area (Å²) in [4.78, 5) is 48.8. The number of amidine groups is 1. The first-order valence-corrected chi connectivity index (χ1v) is 14.0. The Labute approximate surface area is 231 Å². The lowest BCUT2D eigenvalue weighted by atomic mass is 9.83. The van der Waals surface area contributed by atoms with Gasteiger partial charge < -0.3 is 20.1 Å². The number of carbonyl (C=O) groups is 3. The van der Waals surface area contributed by atoms with Crippen LogP contribution in [0.2, 0.25) is 0 Å². The van der Waals surface area contributed by atoms with E-state index in [4.69, 9.17) is 4.74 Å². The number of aliphatic imine (C=N–C) groups is 2. The summed E-state index contributed by atoms with van der Waals surface area (Å²) < 4.78 is 21.0. The lowest BCUT2D eigenvalue weighted by Gasteiger charge is -2.42. The Balaban J connectivity index is 1.47. The average Bonchev–Trinajstić information content (AvgIpc) is 3.46. The summed E-state index contributed by atoms with van der Waals surface area (Å²) in [5, 5.41) is 13.4. The Bertz CT molecular complexity index is 1200. The second-order valence-electron chi connectivity index (χ2n) is 9.93. The Hall–Kier alpha value is -3.09. The van der Waals surface area contributed by atoms with Gasteiger partial charge in [0.25, 0.3) is 0 Å². The third-order valence-corrected chi connectivity index (χ3v) is 8.03. The highest BCUT2D eigenvalue weighted by atomic mass is 32.2. The van der Waals surface area contributed by atoms with Crippen LogP contribution < -0.4 is 5.32 Å². The molecule has 0 saturated carbocycles. The zero-order valence-corrected chi connectivity index (χ0v) is 23.0. The highest BCUT2D eigenvalue weighted by molar-refractivity contribution is 8.16. The highest BCUT2D eigenvalue weighted by Crippen LogP contribution is 2.32. The molecule has 2 atom stereocenters. The number of thioether (sulfide) groups is 1. The van der Waals surface area contributed by atoms with Gasteiger partial charge in [-0.05, 0) is 31.7 Å². The third kappa shape index (κ3) is 7.11. The monoisotopic (exact) mass is 559 g/mol. The number of esters is 1. The molecule has 10 nitrogen and oxygen atoms in total. The van der Waals surface area contributed by atoms with E-state index in [-0.39, 0.29) is 25.1 Å². The maximum Gasteiger partial charge on any atom is 0.337 e. The van der Waals surface area contributed by atoms with Gasteiger partial charge >= 0.3 is 11.9 Å². The van der Waals surface area contributed by atoms with Gasteiger partial charge in [0.05, 0.1) is 24.3 Å². The molecule has 2 unspecified atom stereocenters. The minimum atomic E-state index is -1.98. The van der Waals surface area contributed by atoms with E-state index in [0.29, 0.717) is 56.1 Å². The molecular formula is C27H34FN5O5S. The molecule has 0 amide bonds. The standard InChI is InChI=1S/C27H34FN5O5S/c1-3-38-26(37)21-12-30-23(24-29-8-10-39-24)31-22(21)16-33-9-7-27(28,17-34)20(15-33)14-32(2)13-18-5-4-6-19(11-18)25(35)36/h4-6,11,17,20H,3,7-10,12-16H2,1-2H3,(H,30,31)(H,35,36). The fraction of sp³-hybridized carbons (Fsp3) is 0.519. The van der Waals surface area contributed by atoms with E-state index in [2.05, 4.69) is 15.3 Å². The van der Waals surface area contributed by atoms with Gasteiger partial charge in [0.2, 0.25) is 0 Å². The number of carbonyl (C=O) groups excluding carboxylic acids is 2. The number of nitrogens with zero attached hydrogens (tertiary/aromatic N) is 4. The van der Waals surface area contributed by atoms with Gasteiger partial charge in [-0.2, -0.15) is 0 Å². The van der Waals surface area contributed by atoms with Crippen molar-refractivity contribution in [1.82, 2.24) is 15.1 Å². The number of piperidine rings is 1. The van der Waals surface area contributed by atoms with Crippen LogP contribution in [0.5, 0.6) is 0 Å². The highest BCUT2D eigenvalue weighted by Gasteiger charge is 2.44. The number of alkyl halides is 1. The smallest absolute Gasteiger partial charge is 0.337 e. The number of halogens is 1. The molecular weight excluding hydrogens is 525 g/mol. The number of benzene rings is 1. The summed E-state index contributed by atoms with van der Waals surface area (Å²) in [5.41, 5.74) is 0.0876. The molecule has 0 bridgehead atoms. The minimum Gasteiger partial charge on any atom is -0.478 e. The Morgan fingerprint density at radius 2 is 2.21 bits per heavy atom. The molecule has 3 aliphatic heterocycles. The van der Waals surface area contributed by atoms with Crippen molar-refractivity contribution in [2.45, 2.75) is 25.6 Å². The van der Waals surface area contributed by atoms with E-state index in [1.807, 2.05) is 22.9 Å². The Morgan fingerprint density at radius 1 is 1.38 bits per heavy atom. The molecule has 12 heteroatoms. The van der Waals surface area contributed by atoms with Crippen molar-refractivity contribution in [3.8, 4) is 0 Å². The fourth-order valence-electron chi connectivity index (χ4n) is 5.03. The second kappa shape index (κ2) is 12.8. The quantitative estimate of drug-likeness (QED) is 0.310. The predicted molar refractivity (Wildman–Crippen MR) is 148 cm³/mol. The van der Waals surface area contributed by atoms with E-state index >= 15 is 4.39 Å².